The number of rotatable bonds is 10. The molecule has 0 saturated heterocycles. The van der Waals surface area contributed by atoms with Gasteiger partial charge in [0.1, 0.15) is 22.8 Å². The molecule has 80 heavy (non-hydrogen) atoms. The first-order valence-electron chi connectivity index (χ1n) is 26.9. The van der Waals surface area contributed by atoms with E-state index in [-0.39, 0.29) is 0 Å². The monoisotopic (exact) mass is 1020 g/mol. The summed E-state index contributed by atoms with van der Waals surface area (Å²) >= 11 is 0. The van der Waals surface area contributed by atoms with E-state index < -0.39 is 0 Å². The van der Waals surface area contributed by atoms with Crippen LogP contribution in [0.1, 0.15) is 5.56 Å². The molecule has 15 aromatic rings. The van der Waals surface area contributed by atoms with Crippen molar-refractivity contribution in [2.45, 2.75) is 0 Å². The third-order valence-corrected chi connectivity index (χ3v) is 15.6. The van der Waals surface area contributed by atoms with Gasteiger partial charge in [0.05, 0.1) is 11.4 Å². The number of hydrogen-bond acceptors (Lipinski definition) is 5. The normalized spacial score (nSPS) is 11.5. The lowest BCUT2D eigenvalue weighted by Crippen LogP contribution is -2.11. The second-order valence-electron chi connectivity index (χ2n) is 20.4. The summed E-state index contributed by atoms with van der Waals surface area (Å²) in [5.41, 5.74) is 18.1. The number of fused-ring (bicyclic) bond motifs is 8. The van der Waals surface area contributed by atoms with E-state index >= 15 is 0 Å². The predicted molar refractivity (Wildman–Crippen MR) is 332 cm³/mol. The Bertz CT molecular complexity index is 4570. The van der Waals surface area contributed by atoms with Crippen LogP contribution < -0.4 is 9.80 Å². The third kappa shape index (κ3) is 8.02. The molecule has 0 aliphatic heterocycles. The summed E-state index contributed by atoms with van der Waals surface area (Å²) in [5, 5.41) is 18.8. The number of furan rings is 2. The van der Waals surface area contributed by atoms with Crippen molar-refractivity contribution in [1.29, 1.82) is 5.26 Å². The minimum Gasteiger partial charge on any atom is -0.454 e. The summed E-state index contributed by atoms with van der Waals surface area (Å²) in [6.07, 6.45) is 0. The SMILES string of the molecule is N#Cc1c2oc3cc4cc(N(c5ccccc5)c5cc(-c6ccccc6)ccc5-c5ccccc5)ccc4cc3c2cc2c1oc1cc3cc(N(c4ccccc4)c4cc(-c5ccccc5)ccc4-c4ccccc4)ccc3cc12. The van der Waals surface area contributed by atoms with Crippen LogP contribution in [0.5, 0.6) is 0 Å². The Morgan fingerprint density at radius 3 is 1.04 bits per heavy atom. The summed E-state index contributed by atoms with van der Waals surface area (Å²) in [4.78, 5) is 4.70. The minimum atomic E-state index is 0.378. The van der Waals surface area contributed by atoms with Crippen molar-refractivity contribution in [2.24, 2.45) is 0 Å². The van der Waals surface area contributed by atoms with Crippen LogP contribution in [0.3, 0.4) is 0 Å². The second-order valence-corrected chi connectivity index (χ2v) is 20.4. The summed E-state index contributed by atoms with van der Waals surface area (Å²) < 4.78 is 13.6. The van der Waals surface area contributed by atoms with Crippen LogP contribution in [0, 0.1) is 11.3 Å². The highest BCUT2D eigenvalue weighted by Gasteiger charge is 2.24. The fourth-order valence-corrected chi connectivity index (χ4v) is 11.8. The van der Waals surface area contributed by atoms with E-state index in [1.54, 1.807) is 0 Å². The first kappa shape index (κ1) is 46.4. The van der Waals surface area contributed by atoms with E-state index in [1.165, 1.54) is 0 Å². The lowest BCUT2D eigenvalue weighted by Gasteiger charge is -2.29. The highest BCUT2D eigenvalue weighted by Crippen LogP contribution is 2.48. The van der Waals surface area contributed by atoms with Gasteiger partial charge in [-0.15, -0.1) is 0 Å². The Kier molecular flexibility index (Phi) is 11.2. The topological polar surface area (TPSA) is 56.6 Å². The minimum absolute atomic E-state index is 0.378. The molecule has 0 N–H and O–H groups in total. The average Bonchev–Trinajstić information content (AvgIpc) is 4.29. The lowest BCUT2D eigenvalue weighted by atomic mass is 9.96. The van der Waals surface area contributed by atoms with Gasteiger partial charge in [-0.3, -0.25) is 0 Å². The van der Waals surface area contributed by atoms with E-state index in [0.29, 0.717) is 27.9 Å². The zero-order valence-electron chi connectivity index (χ0n) is 43.3. The predicted octanol–water partition coefficient (Wildman–Crippen LogP) is 21.3. The highest BCUT2D eigenvalue weighted by atomic mass is 16.3. The first-order valence-corrected chi connectivity index (χ1v) is 26.9. The van der Waals surface area contributed by atoms with Gasteiger partial charge in [0.2, 0.25) is 0 Å². The van der Waals surface area contributed by atoms with Crippen LogP contribution in [0.2, 0.25) is 0 Å². The Balaban J connectivity index is 0.853. The zero-order valence-corrected chi connectivity index (χ0v) is 43.3. The number of benzene rings is 13. The Hall–Kier alpha value is -10.9. The van der Waals surface area contributed by atoms with Gasteiger partial charge in [-0.2, -0.15) is 5.26 Å². The fraction of sp³-hybridized carbons (Fsp3) is 0. The smallest absolute Gasteiger partial charge is 0.157 e. The second kappa shape index (κ2) is 19.3. The van der Waals surface area contributed by atoms with Crippen molar-refractivity contribution in [2.75, 3.05) is 9.80 Å². The molecule has 374 valence electrons. The van der Waals surface area contributed by atoms with Crippen LogP contribution in [0.25, 0.3) is 110 Å². The van der Waals surface area contributed by atoms with Gasteiger partial charge >= 0.3 is 0 Å². The number of anilines is 6. The molecular weight excluding hydrogens is 975 g/mol. The molecule has 2 aromatic heterocycles. The Labute approximate surface area is 462 Å². The molecule has 0 spiro atoms. The molecule has 13 aromatic carbocycles. The van der Waals surface area contributed by atoms with Crippen molar-refractivity contribution in [3.63, 3.8) is 0 Å². The molecular formula is C75H47N3O2. The summed E-state index contributed by atoms with van der Waals surface area (Å²) in [6.45, 7) is 0. The number of hydrogen-bond donors (Lipinski definition) is 0. The van der Waals surface area contributed by atoms with Crippen LogP contribution in [-0.4, -0.2) is 0 Å². The lowest BCUT2D eigenvalue weighted by molar-refractivity contribution is 0.654. The van der Waals surface area contributed by atoms with E-state index in [9.17, 15) is 5.26 Å². The fourth-order valence-electron chi connectivity index (χ4n) is 11.8. The van der Waals surface area contributed by atoms with Crippen molar-refractivity contribution in [3.05, 3.63) is 291 Å². The summed E-state index contributed by atoms with van der Waals surface area (Å²) in [6, 6.07) is 103. The highest BCUT2D eigenvalue weighted by molar-refractivity contribution is 6.21. The van der Waals surface area contributed by atoms with E-state index in [0.717, 1.165) is 122 Å². The van der Waals surface area contributed by atoms with Crippen LogP contribution in [0.15, 0.2) is 294 Å². The Morgan fingerprint density at radius 1 is 0.275 bits per heavy atom. The molecule has 0 radical (unpaired) electrons. The quantitative estimate of drug-likeness (QED) is 0.137. The van der Waals surface area contributed by atoms with Crippen LogP contribution in [-0.2, 0) is 0 Å². The maximum absolute atomic E-state index is 11.0. The molecule has 0 aliphatic rings. The van der Waals surface area contributed by atoms with Gasteiger partial charge in [0.25, 0.3) is 0 Å². The van der Waals surface area contributed by atoms with E-state index in [4.69, 9.17) is 8.83 Å². The number of nitrogens with zero attached hydrogens (tertiary/aromatic N) is 3. The summed E-state index contributed by atoms with van der Waals surface area (Å²) in [7, 11) is 0. The van der Waals surface area contributed by atoms with Crippen molar-refractivity contribution < 1.29 is 8.83 Å². The van der Waals surface area contributed by atoms with Gasteiger partial charge in [-0.05, 0) is 146 Å². The molecule has 2 heterocycles. The molecule has 0 unspecified atom stereocenters. The van der Waals surface area contributed by atoms with E-state index in [2.05, 4.69) is 301 Å². The van der Waals surface area contributed by atoms with Crippen LogP contribution >= 0.6 is 0 Å². The molecule has 5 nitrogen and oxygen atoms in total. The van der Waals surface area contributed by atoms with Gasteiger partial charge < -0.3 is 18.6 Å². The van der Waals surface area contributed by atoms with Crippen molar-refractivity contribution >= 4 is 99.5 Å². The third-order valence-electron chi connectivity index (χ3n) is 15.6. The van der Waals surface area contributed by atoms with Crippen molar-refractivity contribution in [1.82, 2.24) is 0 Å². The molecule has 0 saturated carbocycles. The van der Waals surface area contributed by atoms with Gasteiger partial charge in [-0.25, -0.2) is 0 Å². The molecule has 5 heteroatoms. The standard InChI is InChI=1S/C75H47N3O2/c76-48-69-74-67(65-41-53-31-35-61(39-57(53)45-72(65)79-74)77(59-27-15-5-16-28-59)70-43-55(49-19-7-1-8-20-49)33-37-63(70)51-23-11-3-12-24-51)47-68-66-42-54-32-36-62(40-58(54)46-73(66)80-75(68)69)78(60-29-17-6-18-30-60)71-44-56(50-21-9-2-10-22-50)34-38-64(71)52-25-13-4-14-26-52/h1-47H. The number of para-hydroxylation sites is 2. The maximum Gasteiger partial charge on any atom is 0.157 e. The molecule has 0 aliphatic carbocycles. The molecule has 15 rings (SSSR count). The van der Waals surface area contributed by atoms with Crippen molar-refractivity contribution in [3.8, 4) is 50.6 Å². The van der Waals surface area contributed by atoms with Gasteiger partial charge in [0.15, 0.2) is 11.2 Å². The molecule has 0 atom stereocenters. The summed E-state index contributed by atoms with van der Waals surface area (Å²) in [5.74, 6) is 0. The maximum atomic E-state index is 11.0. The Morgan fingerprint density at radius 2 is 0.650 bits per heavy atom. The number of nitriles is 1. The van der Waals surface area contributed by atoms with E-state index in [1.807, 2.05) is 0 Å². The largest absolute Gasteiger partial charge is 0.454 e. The van der Waals surface area contributed by atoms with Crippen LogP contribution in [0.4, 0.5) is 34.1 Å². The molecule has 0 fully saturated rings. The molecule has 0 amide bonds. The van der Waals surface area contributed by atoms with Gasteiger partial charge in [0, 0.05) is 55.4 Å². The first-order chi connectivity index (χ1) is 39.6. The van der Waals surface area contributed by atoms with Gasteiger partial charge in [-0.1, -0.05) is 194 Å². The zero-order chi connectivity index (χ0) is 53.1. The molecule has 0 bridgehead atoms. The average molecular weight is 1020 g/mol.